The summed E-state index contributed by atoms with van der Waals surface area (Å²) < 4.78 is 14.6. The molecule has 26 heavy (non-hydrogen) atoms. The molecule has 0 radical (unpaired) electrons. The van der Waals surface area contributed by atoms with E-state index in [-0.39, 0.29) is 6.10 Å². The van der Waals surface area contributed by atoms with Crippen LogP contribution in [0.15, 0.2) is 66.7 Å². The van der Waals surface area contributed by atoms with Crippen LogP contribution in [0, 0.1) is 0 Å². The molecule has 4 heteroatoms. The molecule has 1 N–H and O–H groups in total. The first-order valence-corrected chi connectivity index (χ1v) is 9.50. The topological polar surface area (TPSA) is 30.5 Å². The Labute approximate surface area is 158 Å². The lowest BCUT2D eigenvalue weighted by atomic mass is 9.98. The van der Waals surface area contributed by atoms with Crippen LogP contribution >= 0.6 is 12.2 Å². The molecule has 3 aromatic carbocycles. The normalized spacial score (nSPS) is 13.2. The summed E-state index contributed by atoms with van der Waals surface area (Å²) in [5.74, 6) is 1.86. The van der Waals surface area contributed by atoms with Crippen molar-refractivity contribution in [1.82, 2.24) is 4.72 Å². The van der Waals surface area contributed by atoms with Crippen molar-refractivity contribution in [1.29, 1.82) is 0 Å². The molecule has 0 amide bonds. The van der Waals surface area contributed by atoms with E-state index in [0.717, 1.165) is 29.2 Å². The van der Waals surface area contributed by atoms with Gasteiger partial charge in [0.25, 0.3) is 0 Å². The zero-order valence-corrected chi connectivity index (χ0v) is 15.7. The van der Waals surface area contributed by atoms with Gasteiger partial charge in [0.15, 0.2) is 5.75 Å². The van der Waals surface area contributed by atoms with Crippen LogP contribution < -0.4 is 13.6 Å². The number of para-hydroxylation sites is 1. The maximum atomic E-state index is 5.76. The number of ether oxygens (including phenoxy) is 1. The summed E-state index contributed by atoms with van der Waals surface area (Å²) in [4.78, 5) is 0. The van der Waals surface area contributed by atoms with Gasteiger partial charge in [0, 0.05) is 17.7 Å². The van der Waals surface area contributed by atoms with Gasteiger partial charge in [0.2, 0.25) is 0 Å². The smallest absolute Gasteiger partial charge is 0.151 e. The Kier molecular flexibility index (Phi) is 4.87. The van der Waals surface area contributed by atoms with Crippen LogP contribution in [0.3, 0.4) is 0 Å². The van der Waals surface area contributed by atoms with E-state index in [4.69, 9.17) is 8.92 Å². The molecule has 0 saturated heterocycles. The van der Waals surface area contributed by atoms with Gasteiger partial charge in [-0.1, -0.05) is 54.6 Å². The molecule has 3 aromatic rings. The SMILES string of the molecule is CC(C)Oc1ccc(-c2ccc(-c3cccc4c3OSNC4)cc2)cc1. The minimum atomic E-state index is 0.188. The summed E-state index contributed by atoms with van der Waals surface area (Å²) in [5, 5.41) is 0. The van der Waals surface area contributed by atoms with Crippen molar-refractivity contribution < 1.29 is 8.92 Å². The molecule has 0 saturated carbocycles. The van der Waals surface area contributed by atoms with Gasteiger partial charge < -0.3 is 8.92 Å². The van der Waals surface area contributed by atoms with E-state index in [1.807, 2.05) is 26.0 Å². The highest BCUT2D eigenvalue weighted by molar-refractivity contribution is 7.93. The highest BCUT2D eigenvalue weighted by Gasteiger charge is 2.16. The summed E-state index contributed by atoms with van der Waals surface area (Å²) in [6, 6.07) is 23.1. The van der Waals surface area contributed by atoms with Crippen LogP contribution in [0.4, 0.5) is 0 Å². The van der Waals surface area contributed by atoms with Crippen LogP contribution in [-0.4, -0.2) is 6.10 Å². The molecule has 132 valence electrons. The molecule has 0 bridgehead atoms. The van der Waals surface area contributed by atoms with Gasteiger partial charge in [-0.15, -0.1) is 0 Å². The third-order valence-corrected chi connectivity index (χ3v) is 4.81. The standard InChI is InChI=1S/C22H21NO2S/c1-15(2)24-20-12-10-17(11-13-20)16-6-8-18(9-7-16)21-5-3-4-19-14-23-26-25-22(19)21/h3-13,15,23H,14H2,1-2H3. The first-order chi connectivity index (χ1) is 12.7. The molecule has 1 aliphatic rings. The molecule has 0 aliphatic carbocycles. The Morgan fingerprint density at radius 2 is 1.54 bits per heavy atom. The summed E-state index contributed by atoms with van der Waals surface area (Å²) in [7, 11) is 0. The number of hydrogen-bond donors (Lipinski definition) is 1. The Hall–Kier alpha value is -2.43. The number of hydrogen-bond acceptors (Lipinski definition) is 4. The fourth-order valence-electron chi connectivity index (χ4n) is 3.07. The number of fused-ring (bicyclic) bond motifs is 1. The highest BCUT2D eigenvalue weighted by atomic mass is 32.2. The predicted molar refractivity (Wildman–Crippen MR) is 108 cm³/mol. The number of nitrogens with one attached hydrogen (secondary N) is 1. The van der Waals surface area contributed by atoms with Crippen molar-refractivity contribution in [3.8, 4) is 33.8 Å². The van der Waals surface area contributed by atoms with E-state index in [2.05, 4.69) is 59.3 Å². The second kappa shape index (κ2) is 7.44. The second-order valence-corrected chi connectivity index (χ2v) is 7.17. The first-order valence-electron chi connectivity index (χ1n) is 8.76. The maximum absolute atomic E-state index is 5.76. The van der Waals surface area contributed by atoms with E-state index >= 15 is 0 Å². The minimum absolute atomic E-state index is 0.188. The van der Waals surface area contributed by atoms with Gasteiger partial charge in [-0.3, -0.25) is 0 Å². The van der Waals surface area contributed by atoms with Gasteiger partial charge >= 0.3 is 0 Å². The van der Waals surface area contributed by atoms with Gasteiger partial charge in [0.1, 0.15) is 18.0 Å². The Balaban J connectivity index is 1.60. The van der Waals surface area contributed by atoms with Crippen molar-refractivity contribution in [2.45, 2.75) is 26.5 Å². The Morgan fingerprint density at radius 1 is 0.885 bits per heavy atom. The lowest BCUT2D eigenvalue weighted by Gasteiger charge is -2.19. The summed E-state index contributed by atoms with van der Waals surface area (Å²) >= 11 is 1.29. The lowest BCUT2D eigenvalue weighted by molar-refractivity contribution is 0.242. The molecule has 1 heterocycles. The van der Waals surface area contributed by atoms with E-state index in [1.165, 1.54) is 28.9 Å². The zero-order chi connectivity index (χ0) is 17.9. The Morgan fingerprint density at radius 3 is 2.23 bits per heavy atom. The van der Waals surface area contributed by atoms with Gasteiger partial charge in [-0.05, 0) is 42.7 Å². The van der Waals surface area contributed by atoms with Gasteiger partial charge in [-0.2, -0.15) is 0 Å². The van der Waals surface area contributed by atoms with Crippen LogP contribution in [0.2, 0.25) is 0 Å². The average molecular weight is 363 g/mol. The molecule has 1 aliphatic heterocycles. The van der Waals surface area contributed by atoms with Crippen molar-refractivity contribution in [2.24, 2.45) is 0 Å². The number of rotatable bonds is 4. The zero-order valence-electron chi connectivity index (χ0n) is 14.9. The summed E-state index contributed by atoms with van der Waals surface area (Å²) in [6.45, 7) is 4.89. The Bertz CT molecular complexity index is 889. The molecule has 0 unspecified atom stereocenters. The third kappa shape index (κ3) is 3.57. The minimum Gasteiger partial charge on any atom is -0.491 e. The van der Waals surface area contributed by atoms with Crippen LogP contribution in [0.1, 0.15) is 19.4 Å². The van der Waals surface area contributed by atoms with Crippen LogP contribution in [0.5, 0.6) is 11.5 Å². The predicted octanol–water partition coefficient (Wildman–Crippen LogP) is 5.85. The molecule has 0 spiro atoms. The number of benzene rings is 3. The summed E-state index contributed by atoms with van der Waals surface area (Å²) in [6.07, 6.45) is 0.188. The fraction of sp³-hybridized carbons (Fsp3) is 0.182. The van der Waals surface area contributed by atoms with E-state index in [9.17, 15) is 0 Å². The van der Waals surface area contributed by atoms with Gasteiger partial charge in [-0.25, -0.2) is 4.72 Å². The van der Waals surface area contributed by atoms with Crippen molar-refractivity contribution in [3.63, 3.8) is 0 Å². The molecular weight excluding hydrogens is 342 g/mol. The average Bonchev–Trinajstić information content (AvgIpc) is 2.68. The monoisotopic (exact) mass is 363 g/mol. The van der Waals surface area contributed by atoms with Crippen molar-refractivity contribution in [3.05, 3.63) is 72.3 Å². The quantitative estimate of drug-likeness (QED) is 0.465. The van der Waals surface area contributed by atoms with Gasteiger partial charge in [0.05, 0.1) is 6.10 Å². The van der Waals surface area contributed by atoms with E-state index in [0.29, 0.717) is 0 Å². The summed E-state index contributed by atoms with van der Waals surface area (Å²) in [5.41, 5.74) is 5.84. The molecule has 4 rings (SSSR count). The van der Waals surface area contributed by atoms with Crippen LogP contribution in [-0.2, 0) is 6.54 Å². The highest BCUT2D eigenvalue weighted by Crippen LogP contribution is 2.38. The third-order valence-electron chi connectivity index (χ3n) is 4.30. The molecule has 3 nitrogen and oxygen atoms in total. The second-order valence-electron chi connectivity index (χ2n) is 6.55. The van der Waals surface area contributed by atoms with E-state index < -0.39 is 0 Å². The molecule has 0 fully saturated rings. The fourth-order valence-corrected chi connectivity index (χ4v) is 3.62. The van der Waals surface area contributed by atoms with Crippen molar-refractivity contribution in [2.75, 3.05) is 0 Å². The molecule has 0 aromatic heterocycles. The van der Waals surface area contributed by atoms with E-state index in [1.54, 1.807) is 0 Å². The largest absolute Gasteiger partial charge is 0.491 e. The lowest BCUT2D eigenvalue weighted by Crippen LogP contribution is -2.12. The molecule has 0 atom stereocenters. The first kappa shape index (κ1) is 17.0. The van der Waals surface area contributed by atoms with Crippen LogP contribution in [0.25, 0.3) is 22.3 Å². The van der Waals surface area contributed by atoms with Crippen molar-refractivity contribution >= 4 is 12.2 Å². The maximum Gasteiger partial charge on any atom is 0.151 e. The molecular formula is C22H21NO2S.